The van der Waals surface area contributed by atoms with E-state index in [4.69, 9.17) is 0 Å². The Morgan fingerprint density at radius 1 is 1.61 bits per heavy atom. The molecule has 0 saturated carbocycles. The molecule has 2 N–H and O–H groups in total. The van der Waals surface area contributed by atoms with Crippen LogP contribution in [0.25, 0.3) is 0 Å². The smallest absolute Gasteiger partial charge is 0.220 e. The molecular weight excluding hydrogens is 336 g/mol. The summed E-state index contributed by atoms with van der Waals surface area (Å²) in [4.78, 5) is 13.0. The summed E-state index contributed by atoms with van der Waals surface area (Å²) in [6.07, 6.45) is 3.68. The average molecular weight is 354 g/mol. The Morgan fingerprint density at radius 2 is 2.44 bits per heavy atom. The third-order valence-corrected chi connectivity index (χ3v) is 4.64. The van der Waals surface area contributed by atoms with Gasteiger partial charge in [-0.15, -0.1) is 23.7 Å². The number of rotatable bonds is 4. The van der Waals surface area contributed by atoms with Gasteiger partial charge in [-0.2, -0.15) is 0 Å². The highest BCUT2D eigenvalue weighted by atomic mass is 79.9. The highest BCUT2D eigenvalue weighted by Crippen LogP contribution is 2.20. The van der Waals surface area contributed by atoms with Gasteiger partial charge in [0.05, 0.1) is 0 Å². The minimum Gasteiger partial charge on any atom is -0.352 e. The predicted octanol–water partition coefficient (Wildman–Crippen LogP) is 2.73. The van der Waals surface area contributed by atoms with Crippen LogP contribution in [0.3, 0.4) is 0 Å². The van der Waals surface area contributed by atoms with Crippen LogP contribution >= 0.6 is 39.7 Å². The third kappa shape index (κ3) is 5.26. The second kappa shape index (κ2) is 8.15. The molecule has 1 saturated heterocycles. The summed E-state index contributed by atoms with van der Waals surface area (Å²) in [6.45, 7) is 1.99. The van der Waals surface area contributed by atoms with Crippen LogP contribution in [0.1, 0.15) is 24.1 Å². The minimum atomic E-state index is 0. The number of piperidine rings is 1. The third-order valence-electron chi connectivity index (χ3n) is 2.88. The molecule has 0 aliphatic carbocycles. The molecule has 1 aromatic rings. The standard InChI is InChI=1S/C12H17BrN2OS.ClH/c13-9-6-11(17-8-9)3-4-12(16)15-10-2-1-5-14-7-10;/h6,8,10,14H,1-5,7H2,(H,15,16);1H/t10-;/m0./s1. The van der Waals surface area contributed by atoms with E-state index >= 15 is 0 Å². The second-order valence-corrected chi connectivity index (χ2v) is 6.25. The fourth-order valence-electron chi connectivity index (χ4n) is 2.00. The molecule has 102 valence electrons. The van der Waals surface area contributed by atoms with Gasteiger partial charge in [-0.1, -0.05) is 0 Å². The molecule has 2 rings (SSSR count). The molecule has 0 radical (unpaired) electrons. The van der Waals surface area contributed by atoms with Crippen LogP contribution in [0.15, 0.2) is 15.9 Å². The van der Waals surface area contributed by atoms with Gasteiger partial charge in [0.25, 0.3) is 0 Å². The van der Waals surface area contributed by atoms with Crippen LogP contribution < -0.4 is 10.6 Å². The molecule has 1 aliphatic rings. The Hall–Kier alpha value is -0.100. The fourth-order valence-corrected chi connectivity index (χ4v) is 3.45. The van der Waals surface area contributed by atoms with Crippen LogP contribution in [0.5, 0.6) is 0 Å². The summed E-state index contributed by atoms with van der Waals surface area (Å²) in [7, 11) is 0. The Labute approximate surface area is 126 Å². The van der Waals surface area contributed by atoms with E-state index in [1.54, 1.807) is 11.3 Å². The fraction of sp³-hybridized carbons (Fsp3) is 0.583. The normalized spacial score (nSPS) is 19.1. The number of amides is 1. The van der Waals surface area contributed by atoms with Crippen molar-refractivity contribution < 1.29 is 4.79 Å². The van der Waals surface area contributed by atoms with Gasteiger partial charge in [0.2, 0.25) is 5.91 Å². The van der Waals surface area contributed by atoms with Gasteiger partial charge in [0.15, 0.2) is 0 Å². The van der Waals surface area contributed by atoms with E-state index in [0.29, 0.717) is 12.5 Å². The maximum absolute atomic E-state index is 11.7. The highest BCUT2D eigenvalue weighted by molar-refractivity contribution is 9.10. The zero-order chi connectivity index (χ0) is 12.1. The quantitative estimate of drug-likeness (QED) is 0.874. The Balaban J connectivity index is 0.00000162. The van der Waals surface area contributed by atoms with Crippen LogP contribution in [0.4, 0.5) is 0 Å². The maximum Gasteiger partial charge on any atom is 0.220 e. The van der Waals surface area contributed by atoms with Gasteiger partial charge >= 0.3 is 0 Å². The van der Waals surface area contributed by atoms with Crippen LogP contribution in [0.2, 0.25) is 0 Å². The van der Waals surface area contributed by atoms with Crippen LogP contribution in [-0.2, 0) is 11.2 Å². The van der Waals surface area contributed by atoms with Crippen molar-refractivity contribution in [3.8, 4) is 0 Å². The van der Waals surface area contributed by atoms with Crippen LogP contribution in [-0.4, -0.2) is 25.0 Å². The van der Waals surface area contributed by atoms with Gasteiger partial charge < -0.3 is 10.6 Å². The summed E-state index contributed by atoms with van der Waals surface area (Å²) in [5.74, 6) is 0.170. The zero-order valence-corrected chi connectivity index (χ0v) is 13.3. The first-order chi connectivity index (χ1) is 8.24. The molecule has 1 atom stereocenters. The van der Waals surface area contributed by atoms with E-state index in [-0.39, 0.29) is 18.3 Å². The molecule has 0 bridgehead atoms. The number of nitrogens with one attached hydrogen (secondary N) is 2. The minimum absolute atomic E-state index is 0. The monoisotopic (exact) mass is 352 g/mol. The van der Waals surface area contributed by atoms with Crippen molar-refractivity contribution in [3.63, 3.8) is 0 Å². The molecular formula is C12H18BrClN2OS. The number of hydrogen-bond donors (Lipinski definition) is 2. The molecule has 1 fully saturated rings. The summed E-state index contributed by atoms with van der Waals surface area (Å²) in [6, 6.07) is 2.41. The van der Waals surface area contributed by atoms with Gasteiger partial charge in [-0.25, -0.2) is 0 Å². The summed E-state index contributed by atoms with van der Waals surface area (Å²) >= 11 is 5.12. The average Bonchev–Trinajstić information content (AvgIpc) is 2.74. The van der Waals surface area contributed by atoms with Crippen LogP contribution in [0, 0.1) is 0 Å². The maximum atomic E-state index is 11.7. The van der Waals surface area contributed by atoms with Crippen molar-refractivity contribution in [1.82, 2.24) is 10.6 Å². The van der Waals surface area contributed by atoms with E-state index in [2.05, 4.69) is 38.0 Å². The number of aryl methyl sites for hydroxylation is 1. The van der Waals surface area contributed by atoms with Crippen molar-refractivity contribution >= 4 is 45.6 Å². The number of halogens is 2. The molecule has 18 heavy (non-hydrogen) atoms. The summed E-state index contributed by atoms with van der Waals surface area (Å²) in [5, 5.41) is 8.44. The lowest BCUT2D eigenvalue weighted by molar-refractivity contribution is -0.121. The van der Waals surface area contributed by atoms with E-state index in [0.717, 1.165) is 36.8 Å². The Kier molecular flexibility index (Phi) is 7.22. The molecule has 3 nitrogen and oxygen atoms in total. The van der Waals surface area contributed by atoms with Gasteiger partial charge in [0, 0.05) is 33.7 Å². The summed E-state index contributed by atoms with van der Waals surface area (Å²) < 4.78 is 1.11. The predicted molar refractivity (Wildman–Crippen MR) is 81.6 cm³/mol. The number of carbonyl (C=O) groups is 1. The topological polar surface area (TPSA) is 41.1 Å². The molecule has 1 aliphatic heterocycles. The molecule has 6 heteroatoms. The first-order valence-corrected chi connectivity index (χ1v) is 7.64. The van der Waals surface area contributed by atoms with Crippen molar-refractivity contribution in [3.05, 3.63) is 20.8 Å². The number of thiophene rings is 1. The molecule has 0 unspecified atom stereocenters. The molecule has 0 spiro atoms. The lowest BCUT2D eigenvalue weighted by Gasteiger charge is -2.23. The van der Waals surface area contributed by atoms with Crippen molar-refractivity contribution in [1.29, 1.82) is 0 Å². The second-order valence-electron chi connectivity index (χ2n) is 4.34. The molecule has 0 aromatic carbocycles. The summed E-state index contributed by atoms with van der Waals surface area (Å²) in [5.41, 5.74) is 0. The zero-order valence-electron chi connectivity index (χ0n) is 10.1. The van der Waals surface area contributed by atoms with Gasteiger partial charge in [-0.3, -0.25) is 4.79 Å². The van der Waals surface area contributed by atoms with Gasteiger partial charge in [0.1, 0.15) is 0 Å². The van der Waals surface area contributed by atoms with Gasteiger partial charge in [-0.05, 0) is 47.8 Å². The lowest BCUT2D eigenvalue weighted by Crippen LogP contribution is -2.45. The highest BCUT2D eigenvalue weighted by Gasteiger charge is 2.15. The van der Waals surface area contributed by atoms with Crippen molar-refractivity contribution in [2.45, 2.75) is 31.7 Å². The first-order valence-electron chi connectivity index (χ1n) is 5.97. The Bertz CT molecular complexity index is 380. The first kappa shape index (κ1) is 16.0. The lowest BCUT2D eigenvalue weighted by atomic mass is 10.1. The Morgan fingerprint density at radius 3 is 3.06 bits per heavy atom. The number of carbonyl (C=O) groups excluding carboxylic acids is 1. The van der Waals surface area contributed by atoms with Crippen molar-refractivity contribution in [2.75, 3.05) is 13.1 Å². The number of hydrogen-bond acceptors (Lipinski definition) is 3. The molecule has 2 heterocycles. The SMILES string of the molecule is Cl.O=C(CCc1cc(Br)cs1)N[C@H]1CCCNC1. The van der Waals surface area contributed by atoms with E-state index in [1.165, 1.54) is 4.88 Å². The van der Waals surface area contributed by atoms with E-state index in [1.807, 2.05) is 0 Å². The largest absolute Gasteiger partial charge is 0.352 e. The van der Waals surface area contributed by atoms with E-state index < -0.39 is 0 Å². The van der Waals surface area contributed by atoms with Crippen molar-refractivity contribution in [2.24, 2.45) is 0 Å². The van der Waals surface area contributed by atoms with E-state index in [9.17, 15) is 4.79 Å². The molecule has 1 aromatic heterocycles. The molecule has 1 amide bonds.